The zero-order valence-corrected chi connectivity index (χ0v) is 18.0. The Bertz CT molecular complexity index is 1130. The van der Waals surface area contributed by atoms with Crippen molar-refractivity contribution in [3.63, 3.8) is 0 Å². The lowest BCUT2D eigenvalue weighted by molar-refractivity contribution is -0.348. The smallest absolute Gasteiger partial charge is 0.433 e. The molecule has 0 radical (unpaired) electrons. The lowest BCUT2D eigenvalue weighted by Crippen LogP contribution is -2.71. The highest BCUT2D eigenvalue weighted by atomic mass is 79.9. The molecule has 0 saturated heterocycles. The van der Waals surface area contributed by atoms with Crippen molar-refractivity contribution >= 4 is 32.7 Å². The maximum absolute atomic E-state index is 15.1. The number of hydrogen-bond acceptors (Lipinski definition) is 3. The molecule has 0 spiro atoms. The average Bonchev–Trinajstić information content (AvgIpc) is 2.73. The summed E-state index contributed by atoms with van der Waals surface area (Å²) < 4.78 is 122. The van der Waals surface area contributed by atoms with Crippen molar-refractivity contribution in [3.05, 3.63) is 66.1 Å². The number of carbonyl (C=O) groups excluding carboxylic acids is 1. The zero-order chi connectivity index (χ0) is 25.5. The van der Waals surface area contributed by atoms with Crippen molar-refractivity contribution in [2.45, 2.75) is 35.0 Å². The standard InChI is InChI=1S/C20H12BrF9N2O2/c21-17(18(24,19(25,26)27)20(28,29)30)7-1-4-13(34-16(22)23)14(17)32-15(33)11-5-6-12-10(9-11)3-2-8-31-12/h1-9,14,16H,(H,32,33). The topological polar surface area (TPSA) is 51.2 Å². The Balaban J connectivity index is 2.11. The summed E-state index contributed by atoms with van der Waals surface area (Å²) in [5, 5.41) is 2.15. The number of allylic oxidation sites excluding steroid dienone is 2. The molecule has 4 nitrogen and oxygen atoms in total. The van der Waals surface area contributed by atoms with Gasteiger partial charge in [-0.1, -0.05) is 34.1 Å². The van der Waals surface area contributed by atoms with Crippen LogP contribution in [0.4, 0.5) is 39.5 Å². The second-order valence-electron chi connectivity index (χ2n) is 7.05. The number of pyridine rings is 1. The fraction of sp³-hybridized carbons (Fsp3) is 0.300. The summed E-state index contributed by atoms with van der Waals surface area (Å²) in [6.45, 7) is -3.70. The van der Waals surface area contributed by atoms with Crippen molar-refractivity contribution in [2.24, 2.45) is 0 Å². The average molecular weight is 563 g/mol. The molecule has 0 bridgehead atoms. The van der Waals surface area contributed by atoms with Gasteiger partial charge in [0.1, 0.15) is 16.1 Å². The largest absolute Gasteiger partial charge is 0.437 e. The van der Waals surface area contributed by atoms with Crippen LogP contribution in [0.5, 0.6) is 0 Å². The quantitative estimate of drug-likeness (QED) is 0.359. The van der Waals surface area contributed by atoms with Crippen LogP contribution in [0.1, 0.15) is 10.4 Å². The molecule has 1 aliphatic rings. The Hall–Kier alpha value is -2.77. The van der Waals surface area contributed by atoms with Crippen LogP contribution >= 0.6 is 15.9 Å². The van der Waals surface area contributed by atoms with Gasteiger partial charge in [0.25, 0.3) is 5.91 Å². The highest BCUT2D eigenvalue weighted by Crippen LogP contribution is 2.58. The summed E-state index contributed by atoms with van der Waals surface area (Å²) in [6, 6.07) is 4.01. The number of nitrogens with one attached hydrogen (secondary N) is 1. The zero-order valence-electron chi connectivity index (χ0n) is 16.4. The molecule has 1 aromatic carbocycles. The number of benzene rings is 1. The van der Waals surface area contributed by atoms with E-state index in [1.807, 2.05) is 0 Å². The van der Waals surface area contributed by atoms with Gasteiger partial charge in [-0.3, -0.25) is 9.78 Å². The molecular formula is C20H12BrF9N2O2. The van der Waals surface area contributed by atoms with E-state index in [0.717, 1.165) is 6.07 Å². The number of ether oxygens (including phenoxy) is 1. The Morgan fingerprint density at radius 1 is 1.09 bits per heavy atom. The van der Waals surface area contributed by atoms with Crippen LogP contribution in [0.15, 0.2) is 60.5 Å². The highest BCUT2D eigenvalue weighted by Gasteiger charge is 2.82. The first-order valence-corrected chi connectivity index (χ1v) is 9.92. The van der Waals surface area contributed by atoms with Crippen molar-refractivity contribution in [2.75, 3.05) is 0 Å². The van der Waals surface area contributed by atoms with Crippen molar-refractivity contribution in [1.29, 1.82) is 0 Å². The van der Waals surface area contributed by atoms with Gasteiger partial charge in [0, 0.05) is 17.1 Å². The molecule has 0 fully saturated rings. The third-order valence-corrected chi connectivity index (χ3v) is 6.25. The normalized spacial score (nSPS) is 21.5. The number of carbonyl (C=O) groups is 1. The summed E-state index contributed by atoms with van der Waals surface area (Å²) in [5.74, 6) is -2.52. The van der Waals surface area contributed by atoms with E-state index in [4.69, 9.17) is 0 Å². The maximum Gasteiger partial charge on any atom is 0.433 e. The third-order valence-electron chi connectivity index (χ3n) is 4.98. The molecule has 0 saturated carbocycles. The number of hydrogen-bond donors (Lipinski definition) is 1. The second kappa shape index (κ2) is 8.78. The van der Waals surface area contributed by atoms with E-state index in [1.54, 1.807) is 5.32 Å². The van der Waals surface area contributed by atoms with E-state index in [1.165, 1.54) is 30.5 Å². The van der Waals surface area contributed by atoms with Gasteiger partial charge in [-0.25, -0.2) is 4.39 Å². The maximum atomic E-state index is 15.1. The highest BCUT2D eigenvalue weighted by molar-refractivity contribution is 9.10. The first-order valence-electron chi connectivity index (χ1n) is 9.13. The van der Waals surface area contributed by atoms with Crippen LogP contribution in [0.25, 0.3) is 10.9 Å². The van der Waals surface area contributed by atoms with Gasteiger partial charge in [-0.15, -0.1) is 0 Å². The molecule has 1 amide bonds. The minimum atomic E-state index is -6.58. The fourth-order valence-corrected chi connectivity index (χ4v) is 4.35. The van der Waals surface area contributed by atoms with Crippen LogP contribution in [0.2, 0.25) is 0 Å². The van der Waals surface area contributed by atoms with Crippen LogP contribution in [-0.2, 0) is 4.74 Å². The lowest BCUT2D eigenvalue weighted by Gasteiger charge is -2.46. The lowest BCUT2D eigenvalue weighted by atomic mass is 9.78. The summed E-state index contributed by atoms with van der Waals surface area (Å²) in [5.41, 5.74) is -5.89. The molecule has 3 rings (SSSR count). The Morgan fingerprint density at radius 3 is 2.32 bits per heavy atom. The molecule has 14 heteroatoms. The van der Waals surface area contributed by atoms with E-state index < -0.39 is 46.7 Å². The van der Waals surface area contributed by atoms with E-state index in [-0.39, 0.29) is 11.6 Å². The molecule has 1 N–H and O–H groups in total. The van der Waals surface area contributed by atoms with Crippen LogP contribution in [-0.4, -0.2) is 45.9 Å². The van der Waals surface area contributed by atoms with Gasteiger partial charge in [0.15, 0.2) is 0 Å². The van der Waals surface area contributed by atoms with Gasteiger partial charge < -0.3 is 10.1 Å². The molecule has 34 heavy (non-hydrogen) atoms. The molecule has 2 atom stereocenters. The van der Waals surface area contributed by atoms with Crippen LogP contribution in [0, 0.1) is 0 Å². The van der Waals surface area contributed by atoms with E-state index >= 15 is 4.39 Å². The van der Waals surface area contributed by atoms with E-state index in [9.17, 15) is 39.9 Å². The first-order chi connectivity index (χ1) is 15.6. The monoisotopic (exact) mass is 562 g/mol. The molecule has 0 aliphatic heterocycles. The van der Waals surface area contributed by atoms with Crippen molar-refractivity contribution < 1.29 is 49.0 Å². The predicted molar refractivity (Wildman–Crippen MR) is 105 cm³/mol. The van der Waals surface area contributed by atoms with Crippen LogP contribution < -0.4 is 5.32 Å². The fourth-order valence-electron chi connectivity index (χ4n) is 3.41. The minimum absolute atomic E-state index is 0.127. The number of alkyl halides is 10. The molecule has 1 heterocycles. The Morgan fingerprint density at radius 2 is 1.74 bits per heavy atom. The van der Waals surface area contributed by atoms with E-state index in [2.05, 4.69) is 25.7 Å². The van der Waals surface area contributed by atoms with E-state index in [0.29, 0.717) is 23.1 Å². The van der Waals surface area contributed by atoms with Gasteiger partial charge in [-0.05, 0) is 30.3 Å². The number of aromatic nitrogens is 1. The summed E-state index contributed by atoms with van der Waals surface area (Å²) in [4.78, 5) is 16.8. The van der Waals surface area contributed by atoms with Gasteiger partial charge in [0.05, 0.1) is 5.52 Å². The van der Waals surface area contributed by atoms with Gasteiger partial charge in [0.2, 0.25) is 0 Å². The number of fused-ring (bicyclic) bond motifs is 1. The van der Waals surface area contributed by atoms with Gasteiger partial charge in [-0.2, -0.15) is 35.1 Å². The van der Waals surface area contributed by atoms with Gasteiger partial charge >= 0.3 is 24.6 Å². The van der Waals surface area contributed by atoms with Crippen LogP contribution in [0.3, 0.4) is 0 Å². The third kappa shape index (κ3) is 4.34. The molecule has 184 valence electrons. The Kier molecular flexibility index (Phi) is 6.68. The molecule has 1 aromatic heterocycles. The summed E-state index contributed by atoms with van der Waals surface area (Å²) >= 11 is 2.14. The Labute approximate surface area is 193 Å². The molecule has 1 aliphatic carbocycles. The summed E-state index contributed by atoms with van der Waals surface area (Å²) in [7, 11) is 0. The molecular weight excluding hydrogens is 551 g/mol. The number of amides is 1. The second-order valence-corrected chi connectivity index (χ2v) is 8.36. The number of rotatable bonds is 5. The van der Waals surface area contributed by atoms with Crippen molar-refractivity contribution in [3.8, 4) is 0 Å². The minimum Gasteiger partial charge on any atom is -0.437 e. The molecule has 2 unspecified atom stereocenters. The predicted octanol–water partition coefficient (Wildman–Crippen LogP) is 5.99. The SMILES string of the molecule is O=C(NC1C(OC(F)F)=CC=CC1(Br)C(F)(C(F)(F)F)C(F)(F)F)c1ccc2ncccc2c1. The first kappa shape index (κ1) is 25.8. The number of nitrogens with zero attached hydrogens (tertiary/aromatic N) is 1. The van der Waals surface area contributed by atoms with Crippen molar-refractivity contribution in [1.82, 2.24) is 10.3 Å². The summed E-state index contributed by atoms with van der Waals surface area (Å²) in [6.07, 6.45) is -10.5. The number of halogens is 10. The molecule has 2 aromatic rings.